The normalized spacial score (nSPS) is 17.9. The fraction of sp³-hybridized carbons (Fsp3) is 0.200. The van der Waals surface area contributed by atoms with Crippen molar-refractivity contribution >= 4 is 32.3 Å². The molecule has 216 valence electrons. The minimum Gasteiger partial charge on any atom is -0.0620 e. The second kappa shape index (κ2) is 8.32. The Balaban J connectivity index is 1.32. The van der Waals surface area contributed by atoms with Crippen molar-refractivity contribution in [3.05, 3.63) is 143 Å². The van der Waals surface area contributed by atoms with Crippen LogP contribution in [0.4, 0.5) is 0 Å². The van der Waals surface area contributed by atoms with E-state index in [4.69, 9.17) is 0 Å². The van der Waals surface area contributed by atoms with Crippen molar-refractivity contribution in [1.82, 2.24) is 0 Å². The third-order valence-electron chi connectivity index (χ3n) is 11.8. The average molecular weight is 577 g/mol. The van der Waals surface area contributed by atoms with E-state index in [0.29, 0.717) is 5.92 Å². The molecule has 0 saturated carbocycles. The lowest BCUT2D eigenvalue weighted by Crippen LogP contribution is -2.24. The Hall–Kier alpha value is -4.68. The van der Waals surface area contributed by atoms with E-state index >= 15 is 0 Å². The fourth-order valence-electron chi connectivity index (χ4n) is 9.68. The van der Waals surface area contributed by atoms with Crippen molar-refractivity contribution in [1.29, 1.82) is 0 Å². The number of rotatable bonds is 0. The van der Waals surface area contributed by atoms with Gasteiger partial charge in [0.1, 0.15) is 0 Å². The van der Waals surface area contributed by atoms with Crippen LogP contribution in [0.25, 0.3) is 65.7 Å². The summed E-state index contributed by atoms with van der Waals surface area (Å²) in [5.74, 6) is 0.496. The lowest BCUT2D eigenvalue weighted by atomic mass is 9.71. The third kappa shape index (κ3) is 3.08. The van der Waals surface area contributed by atoms with E-state index in [-0.39, 0.29) is 10.8 Å². The van der Waals surface area contributed by atoms with E-state index in [2.05, 4.69) is 144 Å². The monoisotopic (exact) mass is 576 g/mol. The first-order valence-electron chi connectivity index (χ1n) is 16.6. The highest BCUT2D eigenvalue weighted by atomic mass is 14.5. The molecule has 0 saturated heterocycles. The van der Waals surface area contributed by atoms with Crippen LogP contribution in [0.1, 0.15) is 73.9 Å². The Bertz CT molecular complexity index is 2470. The summed E-state index contributed by atoms with van der Waals surface area (Å²) in [6, 6.07) is 42.0. The Morgan fingerprint density at radius 1 is 0.489 bits per heavy atom. The van der Waals surface area contributed by atoms with Crippen molar-refractivity contribution in [3.63, 3.8) is 0 Å². The van der Waals surface area contributed by atoms with Crippen molar-refractivity contribution < 1.29 is 0 Å². The first-order valence-corrected chi connectivity index (χ1v) is 16.6. The van der Waals surface area contributed by atoms with Gasteiger partial charge in [0.25, 0.3) is 0 Å². The summed E-state index contributed by atoms with van der Waals surface area (Å²) in [5.41, 5.74) is 17.3. The molecule has 0 aliphatic heterocycles. The van der Waals surface area contributed by atoms with E-state index in [0.717, 1.165) is 6.42 Å². The van der Waals surface area contributed by atoms with Gasteiger partial charge in [-0.05, 0) is 136 Å². The van der Waals surface area contributed by atoms with Gasteiger partial charge in [-0.2, -0.15) is 0 Å². The first-order chi connectivity index (χ1) is 21.7. The van der Waals surface area contributed by atoms with Crippen LogP contribution >= 0.6 is 0 Å². The van der Waals surface area contributed by atoms with Gasteiger partial charge in [-0.3, -0.25) is 0 Å². The minimum atomic E-state index is -0.136. The summed E-state index contributed by atoms with van der Waals surface area (Å²) in [4.78, 5) is 0. The zero-order valence-corrected chi connectivity index (χ0v) is 26.7. The minimum absolute atomic E-state index is 0.130. The van der Waals surface area contributed by atoms with Crippen LogP contribution in [0.5, 0.6) is 0 Å². The zero-order chi connectivity index (χ0) is 30.4. The van der Waals surface area contributed by atoms with E-state index in [1.54, 1.807) is 0 Å². The molecule has 7 aromatic carbocycles. The predicted octanol–water partition coefficient (Wildman–Crippen LogP) is 12.1. The van der Waals surface area contributed by atoms with Crippen LogP contribution in [0.15, 0.2) is 109 Å². The Kier molecular flexibility index (Phi) is 4.74. The summed E-state index contributed by atoms with van der Waals surface area (Å²) in [6.07, 6.45) is 1.10. The maximum atomic E-state index is 2.59. The molecule has 0 bridgehead atoms. The maximum Gasteiger partial charge on any atom is 0.0162 e. The molecule has 0 heteroatoms. The summed E-state index contributed by atoms with van der Waals surface area (Å²) in [5, 5.41) is 8.11. The van der Waals surface area contributed by atoms with E-state index < -0.39 is 0 Å². The van der Waals surface area contributed by atoms with E-state index in [9.17, 15) is 0 Å². The molecular formula is C45H36. The zero-order valence-electron chi connectivity index (χ0n) is 26.7. The molecule has 1 atom stereocenters. The van der Waals surface area contributed by atoms with Gasteiger partial charge in [-0.1, -0.05) is 120 Å². The lowest BCUT2D eigenvalue weighted by Gasteiger charge is -2.32. The van der Waals surface area contributed by atoms with Gasteiger partial charge in [0.2, 0.25) is 0 Å². The van der Waals surface area contributed by atoms with Crippen LogP contribution in [0, 0.1) is 0 Å². The molecule has 1 unspecified atom stereocenters. The van der Waals surface area contributed by atoms with Crippen molar-refractivity contribution in [3.8, 4) is 33.4 Å². The molecule has 0 N–H and O–H groups in total. The summed E-state index contributed by atoms with van der Waals surface area (Å²) in [6.45, 7) is 12.3. The van der Waals surface area contributed by atoms with Crippen molar-refractivity contribution in [2.75, 3.05) is 0 Å². The highest BCUT2D eigenvalue weighted by Gasteiger charge is 2.48. The Morgan fingerprint density at radius 2 is 1.07 bits per heavy atom. The Morgan fingerprint density at radius 3 is 1.80 bits per heavy atom. The predicted molar refractivity (Wildman–Crippen MR) is 192 cm³/mol. The van der Waals surface area contributed by atoms with Crippen LogP contribution in [-0.4, -0.2) is 0 Å². The van der Waals surface area contributed by atoms with Crippen molar-refractivity contribution in [2.24, 2.45) is 0 Å². The van der Waals surface area contributed by atoms with Crippen LogP contribution in [0.3, 0.4) is 0 Å². The highest BCUT2D eigenvalue weighted by Crippen LogP contribution is 2.63. The molecular weight excluding hydrogens is 540 g/mol. The van der Waals surface area contributed by atoms with Crippen molar-refractivity contribution in [2.45, 2.75) is 57.8 Å². The van der Waals surface area contributed by atoms with Gasteiger partial charge in [-0.15, -0.1) is 0 Å². The molecule has 0 fully saturated rings. The molecule has 7 aromatic rings. The molecule has 3 aliphatic carbocycles. The molecule has 0 heterocycles. The quantitative estimate of drug-likeness (QED) is 0.158. The number of hydrogen-bond acceptors (Lipinski definition) is 0. The molecule has 10 rings (SSSR count). The third-order valence-corrected chi connectivity index (χ3v) is 11.8. The highest BCUT2D eigenvalue weighted by molar-refractivity contribution is 6.16. The van der Waals surface area contributed by atoms with Gasteiger partial charge < -0.3 is 0 Å². The molecule has 0 radical (unpaired) electrons. The van der Waals surface area contributed by atoms with Gasteiger partial charge in [0, 0.05) is 10.8 Å². The van der Waals surface area contributed by atoms with Crippen LogP contribution in [0.2, 0.25) is 0 Å². The second-order valence-electron chi connectivity index (χ2n) is 14.9. The number of fused-ring (bicyclic) bond motifs is 16. The molecule has 45 heavy (non-hydrogen) atoms. The molecule has 0 nitrogen and oxygen atoms in total. The largest absolute Gasteiger partial charge is 0.0620 e. The standard InChI is InChI=1S/C45H36/c1-25-20-27-13-7-9-15-30(27)35-24-39-37(22-33(25)35)41-32-17-11-10-16-31(32)40-36-21-28-19-18-26-12-6-8-14-29(26)34(28)23-38(36)44(2,3)42(40)43(41)45(39,4)5/h6-19,21-25H,20H2,1-5H3. The smallest absolute Gasteiger partial charge is 0.0162 e. The second-order valence-corrected chi connectivity index (χ2v) is 14.9. The molecule has 0 spiro atoms. The fourth-order valence-corrected chi connectivity index (χ4v) is 9.68. The number of benzene rings is 7. The van der Waals surface area contributed by atoms with Gasteiger partial charge in [-0.25, -0.2) is 0 Å². The SMILES string of the molecule is CC1Cc2ccccc2-c2cc3c(cc21)-c1c(c2c(c4ccccc14)-c1cc4ccc5ccccc5c4cc1C2(C)C)C3(C)C. The first kappa shape index (κ1) is 25.6. The topological polar surface area (TPSA) is 0 Å². The Labute approximate surface area is 265 Å². The summed E-state index contributed by atoms with van der Waals surface area (Å²) < 4.78 is 0. The maximum absolute atomic E-state index is 2.59. The molecule has 0 amide bonds. The molecule has 0 aromatic heterocycles. The van der Waals surface area contributed by atoms with Gasteiger partial charge in [0.05, 0.1) is 0 Å². The summed E-state index contributed by atoms with van der Waals surface area (Å²) in [7, 11) is 0. The van der Waals surface area contributed by atoms with E-state index in [1.165, 1.54) is 99.1 Å². The number of hydrogen-bond donors (Lipinski definition) is 0. The van der Waals surface area contributed by atoms with Crippen LogP contribution in [-0.2, 0) is 17.3 Å². The molecule has 3 aliphatic rings. The van der Waals surface area contributed by atoms with Gasteiger partial charge >= 0.3 is 0 Å². The summed E-state index contributed by atoms with van der Waals surface area (Å²) >= 11 is 0. The van der Waals surface area contributed by atoms with E-state index in [1.807, 2.05) is 0 Å². The van der Waals surface area contributed by atoms with Gasteiger partial charge in [0.15, 0.2) is 0 Å². The average Bonchev–Trinajstić information content (AvgIpc) is 3.42. The lowest BCUT2D eigenvalue weighted by molar-refractivity contribution is 0.602. The van der Waals surface area contributed by atoms with Crippen LogP contribution < -0.4 is 0 Å².